The van der Waals surface area contributed by atoms with E-state index in [0.717, 1.165) is 11.0 Å². The fraction of sp³-hybridized carbons (Fsp3) is 0.250. The Labute approximate surface area is 157 Å². The molecule has 2 aromatic carbocycles. The fourth-order valence-corrected chi connectivity index (χ4v) is 2.73. The van der Waals surface area contributed by atoms with Gasteiger partial charge in [0.25, 0.3) is 5.91 Å². The molecule has 0 aliphatic heterocycles. The van der Waals surface area contributed by atoms with Gasteiger partial charge in [0.15, 0.2) is 0 Å². The zero-order chi connectivity index (χ0) is 19.2. The van der Waals surface area contributed by atoms with E-state index >= 15 is 0 Å². The van der Waals surface area contributed by atoms with Gasteiger partial charge in [0.1, 0.15) is 11.6 Å². The quantitative estimate of drug-likeness (QED) is 0.599. The lowest BCUT2D eigenvalue weighted by Gasteiger charge is -2.13. The van der Waals surface area contributed by atoms with Crippen molar-refractivity contribution in [3.63, 3.8) is 0 Å². The molecule has 1 aromatic heterocycles. The molecule has 0 unspecified atom stereocenters. The van der Waals surface area contributed by atoms with Crippen LogP contribution in [0.15, 0.2) is 48.5 Å². The van der Waals surface area contributed by atoms with E-state index in [1.807, 2.05) is 38.1 Å². The number of amides is 2. The van der Waals surface area contributed by atoms with Crippen LogP contribution in [-0.2, 0) is 4.79 Å². The van der Waals surface area contributed by atoms with Gasteiger partial charge in [-0.05, 0) is 38.1 Å². The van der Waals surface area contributed by atoms with Crippen LogP contribution in [0.25, 0.3) is 11.0 Å². The van der Waals surface area contributed by atoms with Crippen molar-refractivity contribution in [3.05, 3.63) is 59.9 Å². The first-order chi connectivity index (χ1) is 13.1. The molecule has 0 fully saturated rings. The van der Waals surface area contributed by atoms with Crippen molar-refractivity contribution in [2.45, 2.75) is 19.9 Å². The number of ether oxygens (including phenoxy) is 1. The standard InChI is InChI=1S/C20H22N4O3/c1-3-27-17-11-7-4-8-14(17)20(26)21-12-18(25)22-13(2)19-23-15-9-5-6-10-16(15)24-19/h4-11,13H,3,12H2,1-2H3,(H,21,26)(H,22,25)(H,23,24)/t13-/m0/s1. The van der Waals surface area contributed by atoms with E-state index in [9.17, 15) is 9.59 Å². The van der Waals surface area contributed by atoms with E-state index in [0.29, 0.717) is 23.7 Å². The lowest BCUT2D eigenvalue weighted by Crippen LogP contribution is -2.38. The number of hydrogen-bond donors (Lipinski definition) is 3. The molecule has 2 amide bonds. The number of carbonyl (C=O) groups is 2. The molecule has 3 N–H and O–H groups in total. The Morgan fingerprint density at radius 1 is 1.15 bits per heavy atom. The number of aromatic amines is 1. The molecule has 7 heteroatoms. The van der Waals surface area contributed by atoms with E-state index in [2.05, 4.69) is 20.6 Å². The zero-order valence-electron chi connectivity index (χ0n) is 15.3. The summed E-state index contributed by atoms with van der Waals surface area (Å²) in [7, 11) is 0. The Morgan fingerprint density at radius 3 is 2.67 bits per heavy atom. The first-order valence-corrected chi connectivity index (χ1v) is 8.82. The van der Waals surface area contributed by atoms with Crippen molar-refractivity contribution >= 4 is 22.8 Å². The maximum Gasteiger partial charge on any atom is 0.255 e. The Bertz CT molecular complexity index is 918. The monoisotopic (exact) mass is 366 g/mol. The van der Waals surface area contributed by atoms with E-state index in [1.165, 1.54) is 0 Å². The van der Waals surface area contributed by atoms with Gasteiger partial charge in [-0.3, -0.25) is 9.59 Å². The number of H-pyrrole nitrogens is 1. The second kappa shape index (κ2) is 8.35. The minimum atomic E-state index is -0.356. The van der Waals surface area contributed by atoms with Crippen LogP contribution in [0.4, 0.5) is 0 Å². The van der Waals surface area contributed by atoms with Crippen molar-refractivity contribution in [1.29, 1.82) is 0 Å². The van der Waals surface area contributed by atoms with E-state index < -0.39 is 0 Å². The number of nitrogens with one attached hydrogen (secondary N) is 3. The maximum absolute atomic E-state index is 12.3. The Hall–Kier alpha value is -3.35. The molecule has 1 atom stereocenters. The van der Waals surface area contributed by atoms with Crippen LogP contribution in [-0.4, -0.2) is 34.9 Å². The van der Waals surface area contributed by atoms with Crippen LogP contribution in [0, 0.1) is 0 Å². The number of benzene rings is 2. The van der Waals surface area contributed by atoms with Crippen LogP contribution in [0.3, 0.4) is 0 Å². The third-order valence-corrected chi connectivity index (χ3v) is 4.04. The summed E-state index contributed by atoms with van der Waals surface area (Å²) in [4.78, 5) is 32.2. The predicted octanol–water partition coefficient (Wildman–Crippen LogP) is 2.57. The number of aromatic nitrogens is 2. The number of imidazole rings is 1. The van der Waals surface area contributed by atoms with E-state index in [4.69, 9.17) is 4.74 Å². The second-order valence-corrected chi connectivity index (χ2v) is 6.04. The third kappa shape index (κ3) is 4.44. The van der Waals surface area contributed by atoms with Crippen LogP contribution in [0.2, 0.25) is 0 Å². The lowest BCUT2D eigenvalue weighted by molar-refractivity contribution is -0.120. The molecular weight excluding hydrogens is 344 g/mol. The molecule has 3 aromatic rings. The minimum absolute atomic E-state index is 0.135. The summed E-state index contributed by atoms with van der Waals surface area (Å²) < 4.78 is 5.44. The molecule has 0 aliphatic carbocycles. The molecular formula is C20H22N4O3. The van der Waals surface area contributed by atoms with Crippen molar-refractivity contribution in [2.24, 2.45) is 0 Å². The summed E-state index contributed by atoms with van der Waals surface area (Å²) in [5, 5.41) is 5.44. The number of carbonyl (C=O) groups excluding carboxylic acids is 2. The first-order valence-electron chi connectivity index (χ1n) is 8.82. The molecule has 1 heterocycles. The summed E-state index contributed by atoms with van der Waals surface area (Å²) in [6.45, 7) is 4.01. The van der Waals surface area contributed by atoms with Crippen molar-refractivity contribution in [1.82, 2.24) is 20.6 Å². The number of nitrogens with zero attached hydrogens (tertiary/aromatic N) is 1. The predicted molar refractivity (Wildman–Crippen MR) is 103 cm³/mol. The lowest BCUT2D eigenvalue weighted by atomic mass is 10.2. The molecule has 0 bridgehead atoms. The van der Waals surface area contributed by atoms with Gasteiger partial charge < -0.3 is 20.4 Å². The summed E-state index contributed by atoms with van der Waals surface area (Å²) in [5.41, 5.74) is 2.15. The van der Waals surface area contributed by atoms with Gasteiger partial charge in [0.05, 0.1) is 35.8 Å². The van der Waals surface area contributed by atoms with Crippen LogP contribution >= 0.6 is 0 Å². The summed E-state index contributed by atoms with van der Waals surface area (Å²) >= 11 is 0. The minimum Gasteiger partial charge on any atom is -0.493 e. The normalized spacial score (nSPS) is 11.8. The molecule has 27 heavy (non-hydrogen) atoms. The van der Waals surface area contributed by atoms with Crippen LogP contribution in [0.1, 0.15) is 36.1 Å². The molecule has 0 aliphatic rings. The maximum atomic E-state index is 12.3. The third-order valence-electron chi connectivity index (χ3n) is 4.04. The highest BCUT2D eigenvalue weighted by molar-refractivity contribution is 5.98. The van der Waals surface area contributed by atoms with Crippen molar-refractivity contribution in [3.8, 4) is 5.75 Å². The summed E-state index contributed by atoms with van der Waals surface area (Å²) in [5.74, 6) is 0.502. The topological polar surface area (TPSA) is 96.1 Å². The summed E-state index contributed by atoms with van der Waals surface area (Å²) in [6, 6.07) is 14.3. The molecule has 0 radical (unpaired) electrons. The van der Waals surface area contributed by atoms with Gasteiger partial charge in [-0.2, -0.15) is 0 Å². The Morgan fingerprint density at radius 2 is 1.89 bits per heavy atom. The number of rotatable bonds is 7. The molecule has 0 saturated heterocycles. The highest BCUT2D eigenvalue weighted by Gasteiger charge is 2.16. The smallest absolute Gasteiger partial charge is 0.255 e. The average molecular weight is 366 g/mol. The Kier molecular flexibility index (Phi) is 5.71. The van der Waals surface area contributed by atoms with Crippen molar-refractivity contribution in [2.75, 3.05) is 13.2 Å². The van der Waals surface area contributed by atoms with Gasteiger partial charge in [-0.25, -0.2) is 4.98 Å². The van der Waals surface area contributed by atoms with Gasteiger partial charge in [0, 0.05) is 0 Å². The van der Waals surface area contributed by atoms with Gasteiger partial charge in [-0.15, -0.1) is 0 Å². The highest BCUT2D eigenvalue weighted by atomic mass is 16.5. The number of para-hydroxylation sites is 3. The fourth-order valence-electron chi connectivity index (χ4n) is 2.73. The Balaban J connectivity index is 1.57. The molecule has 140 valence electrons. The van der Waals surface area contributed by atoms with E-state index in [-0.39, 0.29) is 24.4 Å². The van der Waals surface area contributed by atoms with Crippen LogP contribution < -0.4 is 15.4 Å². The first kappa shape index (κ1) is 18.4. The van der Waals surface area contributed by atoms with Crippen molar-refractivity contribution < 1.29 is 14.3 Å². The van der Waals surface area contributed by atoms with Gasteiger partial charge >= 0.3 is 0 Å². The number of fused-ring (bicyclic) bond motifs is 1. The average Bonchev–Trinajstić information content (AvgIpc) is 3.11. The molecule has 0 spiro atoms. The SMILES string of the molecule is CCOc1ccccc1C(=O)NCC(=O)N[C@@H](C)c1nc2ccccc2[nH]1. The number of hydrogen-bond acceptors (Lipinski definition) is 4. The van der Waals surface area contributed by atoms with Crippen LogP contribution in [0.5, 0.6) is 5.75 Å². The second-order valence-electron chi connectivity index (χ2n) is 6.04. The van der Waals surface area contributed by atoms with Gasteiger partial charge in [0.2, 0.25) is 5.91 Å². The zero-order valence-corrected chi connectivity index (χ0v) is 15.3. The van der Waals surface area contributed by atoms with Gasteiger partial charge in [-0.1, -0.05) is 24.3 Å². The van der Waals surface area contributed by atoms with E-state index in [1.54, 1.807) is 24.3 Å². The highest BCUT2D eigenvalue weighted by Crippen LogP contribution is 2.18. The largest absolute Gasteiger partial charge is 0.493 e. The molecule has 3 rings (SSSR count). The molecule has 7 nitrogen and oxygen atoms in total. The molecule has 0 saturated carbocycles. The summed E-state index contributed by atoms with van der Waals surface area (Å²) in [6.07, 6.45) is 0.